The molecule has 0 N–H and O–H groups in total. The molecule has 5 nitrogen and oxygen atoms in total. The monoisotopic (exact) mass is 234 g/mol. The molecule has 2 rings (SSSR count). The van der Waals surface area contributed by atoms with Crippen LogP contribution in [-0.2, 0) is 6.67 Å². The first-order valence-corrected chi connectivity index (χ1v) is 6.22. The first kappa shape index (κ1) is 12.0. The topological polar surface area (TPSA) is 43.6 Å². The van der Waals surface area contributed by atoms with Crippen LogP contribution in [-0.4, -0.2) is 43.9 Å². The molecule has 0 spiro atoms. The van der Waals surface area contributed by atoms with E-state index in [1.54, 1.807) is 0 Å². The molecular formula is C12H20N5+. The SMILES string of the molecule is CC[N+](CC)(CC)Cn1ccc2nncnc21. The third kappa shape index (κ3) is 2.15. The predicted octanol–water partition coefficient (Wildman–Crippen LogP) is 1.66. The van der Waals surface area contributed by atoms with Gasteiger partial charge in [0.2, 0.25) is 0 Å². The maximum absolute atomic E-state index is 4.31. The Morgan fingerprint density at radius 1 is 1.18 bits per heavy atom. The van der Waals surface area contributed by atoms with Gasteiger partial charge in [0.1, 0.15) is 11.8 Å². The third-order valence-electron chi connectivity index (χ3n) is 3.78. The standard InChI is InChI=1S/C12H20N5/c1-4-17(5-2,6-3)10-16-8-7-11-12(16)13-9-14-15-11/h7-9H,4-6,10H2,1-3H3/q+1. The van der Waals surface area contributed by atoms with E-state index in [2.05, 4.69) is 46.7 Å². The lowest BCUT2D eigenvalue weighted by molar-refractivity contribution is -0.944. The molecule has 0 unspecified atom stereocenters. The second-order valence-electron chi connectivity index (χ2n) is 4.39. The summed E-state index contributed by atoms with van der Waals surface area (Å²) in [6.45, 7) is 11.1. The van der Waals surface area contributed by atoms with E-state index in [4.69, 9.17) is 0 Å². The van der Waals surface area contributed by atoms with Crippen molar-refractivity contribution in [2.75, 3.05) is 19.6 Å². The Bertz CT molecular complexity index is 478. The highest BCUT2D eigenvalue weighted by molar-refractivity contribution is 5.69. The Balaban J connectivity index is 2.34. The zero-order chi connectivity index (χ0) is 12.3. The average Bonchev–Trinajstić information content (AvgIpc) is 2.79. The highest BCUT2D eigenvalue weighted by Crippen LogP contribution is 2.14. The molecule has 0 fully saturated rings. The molecule has 2 heterocycles. The van der Waals surface area contributed by atoms with Gasteiger partial charge in [-0.15, -0.1) is 10.2 Å². The van der Waals surface area contributed by atoms with Gasteiger partial charge >= 0.3 is 0 Å². The van der Waals surface area contributed by atoms with Gasteiger partial charge in [-0.05, 0) is 26.8 Å². The summed E-state index contributed by atoms with van der Waals surface area (Å²) in [5.74, 6) is 0. The maximum atomic E-state index is 4.31. The van der Waals surface area contributed by atoms with Crippen molar-refractivity contribution in [3.8, 4) is 0 Å². The largest absolute Gasteiger partial charge is 0.307 e. The van der Waals surface area contributed by atoms with Crippen molar-refractivity contribution in [3.05, 3.63) is 18.6 Å². The van der Waals surface area contributed by atoms with Crippen molar-refractivity contribution < 1.29 is 4.48 Å². The molecule has 0 amide bonds. The molecule has 17 heavy (non-hydrogen) atoms. The highest BCUT2D eigenvalue weighted by atomic mass is 15.4. The molecule has 0 radical (unpaired) electrons. The minimum Gasteiger partial charge on any atom is -0.307 e. The molecule has 0 atom stereocenters. The van der Waals surface area contributed by atoms with E-state index in [0.717, 1.165) is 41.9 Å². The van der Waals surface area contributed by atoms with E-state index < -0.39 is 0 Å². The normalized spacial score (nSPS) is 12.2. The molecule has 0 saturated heterocycles. The predicted molar refractivity (Wildman–Crippen MR) is 67.2 cm³/mol. The van der Waals surface area contributed by atoms with Crippen LogP contribution in [0.25, 0.3) is 11.2 Å². The van der Waals surface area contributed by atoms with Crippen LogP contribution >= 0.6 is 0 Å². The summed E-state index contributed by atoms with van der Waals surface area (Å²) in [7, 11) is 0. The number of hydrogen-bond donors (Lipinski definition) is 0. The highest BCUT2D eigenvalue weighted by Gasteiger charge is 2.22. The number of hydrogen-bond acceptors (Lipinski definition) is 3. The average molecular weight is 234 g/mol. The molecule has 0 saturated carbocycles. The number of quaternary nitrogens is 1. The molecule has 0 aromatic carbocycles. The lowest BCUT2D eigenvalue weighted by atomic mass is 10.4. The molecule has 2 aromatic rings. The summed E-state index contributed by atoms with van der Waals surface area (Å²) >= 11 is 0. The van der Waals surface area contributed by atoms with E-state index in [1.165, 1.54) is 6.33 Å². The van der Waals surface area contributed by atoms with Crippen molar-refractivity contribution in [1.29, 1.82) is 0 Å². The molecule has 0 bridgehead atoms. The number of rotatable bonds is 5. The second kappa shape index (κ2) is 4.79. The van der Waals surface area contributed by atoms with Crippen LogP contribution in [0.4, 0.5) is 0 Å². The Morgan fingerprint density at radius 3 is 2.53 bits per heavy atom. The zero-order valence-corrected chi connectivity index (χ0v) is 10.8. The van der Waals surface area contributed by atoms with Gasteiger partial charge in [0.05, 0.1) is 19.6 Å². The first-order chi connectivity index (χ1) is 8.24. The van der Waals surface area contributed by atoms with Gasteiger partial charge in [-0.2, -0.15) is 0 Å². The van der Waals surface area contributed by atoms with Crippen LogP contribution in [0.1, 0.15) is 20.8 Å². The van der Waals surface area contributed by atoms with E-state index in [9.17, 15) is 0 Å². The van der Waals surface area contributed by atoms with Gasteiger partial charge in [-0.25, -0.2) is 4.98 Å². The van der Waals surface area contributed by atoms with E-state index in [-0.39, 0.29) is 0 Å². The Kier molecular flexibility index (Phi) is 3.38. The zero-order valence-electron chi connectivity index (χ0n) is 10.8. The maximum Gasteiger partial charge on any atom is 0.166 e. The Morgan fingerprint density at radius 2 is 1.88 bits per heavy atom. The molecule has 5 heteroatoms. The quantitative estimate of drug-likeness (QED) is 0.739. The van der Waals surface area contributed by atoms with Gasteiger partial charge in [-0.3, -0.25) is 4.57 Å². The van der Waals surface area contributed by atoms with Crippen LogP contribution in [0.5, 0.6) is 0 Å². The van der Waals surface area contributed by atoms with Crippen molar-refractivity contribution in [2.24, 2.45) is 0 Å². The summed E-state index contributed by atoms with van der Waals surface area (Å²) in [5.41, 5.74) is 1.80. The van der Waals surface area contributed by atoms with Crippen LogP contribution in [0.15, 0.2) is 18.6 Å². The Labute approximate surface area is 102 Å². The fourth-order valence-corrected chi connectivity index (χ4v) is 2.25. The van der Waals surface area contributed by atoms with Crippen LogP contribution in [0.2, 0.25) is 0 Å². The van der Waals surface area contributed by atoms with Crippen LogP contribution < -0.4 is 0 Å². The molecule has 0 aliphatic heterocycles. The van der Waals surface area contributed by atoms with Gasteiger partial charge in [-0.1, -0.05) is 0 Å². The summed E-state index contributed by atoms with van der Waals surface area (Å²) in [4.78, 5) is 4.31. The molecular weight excluding hydrogens is 214 g/mol. The lowest BCUT2D eigenvalue weighted by Gasteiger charge is -2.35. The first-order valence-electron chi connectivity index (χ1n) is 6.22. The number of aromatic nitrogens is 4. The van der Waals surface area contributed by atoms with Crippen LogP contribution in [0.3, 0.4) is 0 Å². The van der Waals surface area contributed by atoms with Crippen LogP contribution in [0, 0.1) is 0 Å². The summed E-state index contributed by atoms with van der Waals surface area (Å²) < 4.78 is 3.24. The van der Waals surface area contributed by atoms with Crippen molar-refractivity contribution in [3.63, 3.8) is 0 Å². The minimum atomic E-state index is 0.869. The number of nitrogens with zero attached hydrogens (tertiary/aromatic N) is 5. The summed E-state index contributed by atoms with van der Waals surface area (Å²) in [5, 5.41) is 7.87. The van der Waals surface area contributed by atoms with Gasteiger partial charge in [0.15, 0.2) is 12.3 Å². The molecule has 0 aliphatic rings. The Hall–Kier alpha value is -1.49. The van der Waals surface area contributed by atoms with E-state index in [0.29, 0.717) is 0 Å². The lowest BCUT2D eigenvalue weighted by Crippen LogP contribution is -2.48. The van der Waals surface area contributed by atoms with E-state index in [1.807, 2.05) is 6.07 Å². The smallest absolute Gasteiger partial charge is 0.166 e. The van der Waals surface area contributed by atoms with Gasteiger partial charge in [0, 0.05) is 6.20 Å². The second-order valence-corrected chi connectivity index (χ2v) is 4.39. The fraction of sp³-hybridized carbons (Fsp3) is 0.583. The molecule has 2 aromatic heterocycles. The third-order valence-corrected chi connectivity index (χ3v) is 3.78. The van der Waals surface area contributed by atoms with Crippen molar-refractivity contribution >= 4 is 11.2 Å². The summed E-state index contributed by atoms with van der Waals surface area (Å²) in [6, 6.07) is 1.98. The molecule has 92 valence electrons. The van der Waals surface area contributed by atoms with Crippen molar-refractivity contribution in [2.45, 2.75) is 27.4 Å². The summed E-state index contributed by atoms with van der Waals surface area (Å²) in [6.07, 6.45) is 3.57. The van der Waals surface area contributed by atoms with Crippen molar-refractivity contribution in [1.82, 2.24) is 19.7 Å². The number of fused-ring (bicyclic) bond motifs is 1. The molecule has 0 aliphatic carbocycles. The van der Waals surface area contributed by atoms with Gasteiger partial charge < -0.3 is 4.48 Å². The minimum absolute atomic E-state index is 0.869. The van der Waals surface area contributed by atoms with E-state index >= 15 is 0 Å². The fourth-order valence-electron chi connectivity index (χ4n) is 2.25. The van der Waals surface area contributed by atoms with Gasteiger partial charge in [0.25, 0.3) is 0 Å².